The lowest BCUT2D eigenvalue weighted by Crippen LogP contribution is -2.28. The summed E-state index contributed by atoms with van der Waals surface area (Å²) in [7, 11) is 0. The summed E-state index contributed by atoms with van der Waals surface area (Å²) in [5.41, 5.74) is -0.137. The lowest BCUT2D eigenvalue weighted by Gasteiger charge is -2.20. The molecule has 2 N–H and O–H groups in total. The van der Waals surface area contributed by atoms with Crippen molar-refractivity contribution in [3.8, 4) is 11.5 Å². The van der Waals surface area contributed by atoms with Crippen LogP contribution in [0, 0.1) is 10.1 Å². The van der Waals surface area contributed by atoms with E-state index in [9.17, 15) is 14.9 Å². The molecule has 0 radical (unpaired) electrons. The monoisotopic (exact) mass is 282 g/mol. The molecule has 2 rings (SSSR count). The third-order valence-corrected chi connectivity index (χ3v) is 2.89. The summed E-state index contributed by atoms with van der Waals surface area (Å²) in [6.07, 6.45) is 0.293. The molecule has 0 fully saturated rings. The van der Waals surface area contributed by atoms with Crippen molar-refractivity contribution in [3.63, 3.8) is 0 Å². The second kappa shape index (κ2) is 5.64. The van der Waals surface area contributed by atoms with Crippen LogP contribution >= 0.6 is 0 Å². The van der Waals surface area contributed by atoms with Gasteiger partial charge in [-0.2, -0.15) is 0 Å². The van der Waals surface area contributed by atoms with E-state index in [2.05, 4.69) is 5.32 Å². The average Bonchev–Trinajstić information content (AvgIpc) is 2.43. The Morgan fingerprint density at radius 1 is 1.45 bits per heavy atom. The fraction of sp³-hybridized carbons (Fsp3) is 0.417. The summed E-state index contributed by atoms with van der Waals surface area (Å²) in [6.45, 7) is 2.35. The van der Waals surface area contributed by atoms with Crippen LogP contribution in [0.25, 0.3) is 0 Å². The van der Waals surface area contributed by atoms with Crippen LogP contribution in [0.15, 0.2) is 12.1 Å². The Morgan fingerprint density at radius 3 is 2.55 bits per heavy atom. The molecule has 1 aromatic rings. The molecule has 0 saturated carbocycles. The number of nitro groups is 1. The van der Waals surface area contributed by atoms with E-state index in [1.165, 1.54) is 12.1 Å². The van der Waals surface area contributed by atoms with E-state index in [1.807, 2.05) is 0 Å². The Labute approximate surface area is 114 Å². The molecule has 20 heavy (non-hydrogen) atoms. The molecule has 0 bridgehead atoms. The van der Waals surface area contributed by atoms with Crippen LogP contribution in [0.1, 0.15) is 13.3 Å². The number of carbonyl (C=O) groups is 1. The number of fused-ring (bicyclic) bond motifs is 1. The first kappa shape index (κ1) is 13.9. The highest BCUT2D eigenvalue weighted by molar-refractivity contribution is 5.80. The number of benzene rings is 1. The zero-order valence-corrected chi connectivity index (χ0v) is 10.8. The molecule has 1 unspecified atom stereocenters. The summed E-state index contributed by atoms with van der Waals surface area (Å²) in [4.78, 5) is 21.5. The maximum atomic E-state index is 11.1. The molecule has 1 aliphatic rings. The Bertz CT molecular complexity index is 545. The molecule has 1 aliphatic heterocycles. The Balaban J connectivity index is 2.39. The van der Waals surface area contributed by atoms with Gasteiger partial charge in [-0.1, -0.05) is 6.92 Å². The standard InChI is InChI=1S/C12H14N2O6/c1-2-7(12(15)16)13-8-5-10-11(20-4-3-19-10)6-9(8)14(17)18/h5-7,13H,2-4H2,1H3,(H,15,16). The van der Waals surface area contributed by atoms with Crippen LogP contribution in [0.4, 0.5) is 11.4 Å². The van der Waals surface area contributed by atoms with Gasteiger partial charge in [0, 0.05) is 6.07 Å². The zero-order chi connectivity index (χ0) is 14.7. The number of carboxylic acid groups (broad SMARTS) is 1. The van der Waals surface area contributed by atoms with Crippen molar-refractivity contribution >= 4 is 17.3 Å². The van der Waals surface area contributed by atoms with Gasteiger partial charge in [0.15, 0.2) is 11.5 Å². The van der Waals surface area contributed by atoms with Crippen LogP contribution in [-0.2, 0) is 4.79 Å². The predicted octanol–water partition coefficient (Wildman–Crippen LogP) is 1.64. The highest BCUT2D eigenvalue weighted by atomic mass is 16.6. The number of nitrogens with one attached hydrogen (secondary N) is 1. The maximum absolute atomic E-state index is 11.1. The lowest BCUT2D eigenvalue weighted by atomic mass is 10.1. The molecule has 8 nitrogen and oxygen atoms in total. The van der Waals surface area contributed by atoms with Crippen molar-refractivity contribution in [2.75, 3.05) is 18.5 Å². The van der Waals surface area contributed by atoms with Crippen molar-refractivity contribution in [2.45, 2.75) is 19.4 Å². The molecular formula is C12H14N2O6. The third-order valence-electron chi connectivity index (χ3n) is 2.89. The number of hydrogen-bond donors (Lipinski definition) is 2. The van der Waals surface area contributed by atoms with Gasteiger partial charge in [-0.15, -0.1) is 0 Å². The molecule has 1 aromatic carbocycles. The van der Waals surface area contributed by atoms with E-state index in [4.69, 9.17) is 14.6 Å². The second-order valence-electron chi connectivity index (χ2n) is 4.21. The topological polar surface area (TPSA) is 111 Å². The van der Waals surface area contributed by atoms with Crippen molar-refractivity contribution in [1.82, 2.24) is 0 Å². The average molecular weight is 282 g/mol. The number of aliphatic carboxylic acids is 1. The molecule has 8 heteroatoms. The highest BCUT2D eigenvalue weighted by Gasteiger charge is 2.25. The number of rotatable bonds is 5. The summed E-state index contributed by atoms with van der Waals surface area (Å²) in [5, 5.41) is 22.7. The summed E-state index contributed by atoms with van der Waals surface area (Å²) in [6, 6.07) is 1.74. The predicted molar refractivity (Wildman–Crippen MR) is 69.4 cm³/mol. The van der Waals surface area contributed by atoms with Gasteiger partial charge in [-0.25, -0.2) is 4.79 Å². The van der Waals surface area contributed by atoms with E-state index >= 15 is 0 Å². The molecule has 0 aromatic heterocycles. The lowest BCUT2D eigenvalue weighted by molar-refractivity contribution is -0.384. The summed E-state index contributed by atoms with van der Waals surface area (Å²) < 4.78 is 10.6. The molecule has 1 atom stereocenters. The summed E-state index contributed by atoms with van der Waals surface area (Å²) in [5.74, 6) is -0.418. The minimum absolute atomic E-state index is 0.105. The number of nitro benzene ring substituents is 1. The number of hydrogen-bond acceptors (Lipinski definition) is 6. The van der Waals surface area contributed by atoms with Crippen LogP contribution in [0.2, 0.25) is 0 Å². The smallest absolute Gasteiger partial charge is 0.326 e. The van der Waals surface area contributed by atoms with Gasteiger partial charge < -0.3 is 19.9 Å². The first-order valence-corrected chi connectivity index (χ1v) is 6.10. The minimum Gasteiger partial charge on any atom is -0.486 e. The van der Waals surface area contributed by atoms with Crippen LogP contribution in [-0.4, -0.2) is 35.3 Å². The van der Waals surface area contributed by atoms with Crippen molar-refractivity contribution < 1.29 is 24.3 Å². The van der Waals surface area contributed by atoms with Crippen LogP contribution in [0.5, 0.6) is 11.5 Å². The summed E-state index contributed by atoms with van der Waals surface area (Å²) >= 11 is 0. The fourth-order valence-electron chi connectivity index (χ4n) is 1.87. The van der Waals surface area contributed by atoms with E-state index in [1.54, 1.807) is 6.92 Å². The molecule has 0 spiro atoms. The van der Waals surface area contributed by atoms with Crippen molar-refractivity contribution in [3.05, 3.63) is 22.2 Å². The van der Waals surface area contributed by atoms with Crippen LogP contribution in [0.3, 0.4) is 0 Å². The number of carboxylic acids is 1. The van der Waals surface area contributed by atoms with Crippen molar-refractivity contribution in [1.29, 1.82) is 0 Å². The van der Waals surface area contributed by atoms with Gasteiger partial charge in [-0.3, -0.25) is 10.1 Å². The molecule has 0 saturated heterocycles. The van der Waals surface area contributed by atoms with Gasteiger partial charge >= 0.3 is 5.97 Å². The quantitative estimate of drug-likeness (QED) is 0.623. The van der Waals surface area contributed by atoms with E-state index in [0.29, 0.717) is 25.4 Å². The van der Waals surface area contributed by atoms with E-state index in [0.717, 1.165) is 0 Å². The molecule has 0 aliphatic carbocycles. The molecular weight excluding hydrogens is 268 g/mol. The fourth-order valence-corrected chi connectivity index (χ4v) is 1.87. The SMILES string of the molecule is CCC(Nc1cc2c(cc1[N+](=O)[O-])OCCO2)C(=O)O. The molecule has 1 heterocycles. The second-order valence-corrected chi connectivity index (χ2v) is 4.21. The normalized spacial score (nSPS) is 14.4. The van der Waals surface area contributed by atoms with Crippen LogP contribution < -0.4 is 14.8 Å². The van der Waals surface area contributed by atoms with Gasteiger partial charge in [0.05, 0.1) is 11.0 Å². The number of anilines is 1. The maximum Gasteiger partial charge on any atom is 0.326 e. The first-order valence-electron chi connectivity index (χ1n) is 6.10. The van der Waals surface area contributed by atoms with Gasteiger partial charge in [0.2, 0.25) is 0 Å². The Morgan fingerprint density at radius 2 is 2.05 bits per heavy atom. The third kappa shape index (κ3) is 2.73. The molecule has 108 valence electrons. The van der Waals surface area contributed by atoms with Crippen molar-refractivity contribution in [2.24, 2.45) is 0 Å². The number of ether oxygens (including phenoxy) is 2. The Hall–Kier alpha value is -2.51. The highest BCUT2D eigenvalue weighted by Crippen LogP contribution is 2.39. The molecule has 0 amide bonds. The van der Waals surface area contributed by atoms with Gasteiger partial charge in [0.1, 0.15) is 24.9 Å². The number of nitrogens with zero attached hydrogens (tertiary/aromatic N) is 1. The largest absolute Gasteiger partial charge is 0.486 e. The zero-order valence-electron chi connectivity index (χ0n) is 10.8. The minimum atomic E-state index is -1.07. The van der Waals surface area contributed by atoms with Gasteiger partial charge in [-0.05, 0) is 6.42 Å². The first-order chi connectivity index (χ1) is 9.52. The van der Waals surface area contributed by atoms with E-state index in [-0.39, 0.29) is 17.1 Å². The Kier molecular flexibility index (Phi) is 3.92. The van der Waals surface area contributed by atoms with E-state index < -0.39 is 16.9 Å². The van der Waals surface area contributed by atoms with Gasteiger partial charge in [0.25, 0.3) is 5.69 Å².